The lowest BCUT2D eigenvalue weighted by Gasteiger charge is -2.04. The summed E-state index contributed by atoms with van der Waals surface area (Å²) in [4.78, 5) is 13.2. The number of thioether (sulfide) groups is 2. The van der Waals surface area contributed by atoms with Gasteiger partial charge in [0.2, 0.25) is 0 Å². The minimum Gasteiger partial charge on any atom is -0.435 e. The van der Waals surface area contributed by atoms with E-state index < -0.39 is 6.61 Å². The van der Waals surface area contributed by atoms with Crippen molar-refractivity contribution in [3.63, 3.8) is 0 Å². The van der Waals surface area contributed by atoms with Gasteiger partial charge in [-0.25, -0.2) is 4.98 Å². The molecule has 154 valence electrons. The normalized spacial score (nSPS) is 11.3. The minimum atomic E-state index is -2.85. The highest BCUT2D eigenvalue weighted by Crippen LogP contribution is 2.28. The van der Waals surface area contributed by atoms with Gasteiger partial charge in [0, 0.05) is 33.7 Å². The van der Waals surface area contributed by atoms with Crippen molar-refractivity contribution in [2.45, 2.75) is 28.2 Å². The number of hydrogen-bond acceptors (Lipinski definition) is 5. The number of pyridine rings is 1. The lowest BCUT2D eigenvalue weighted by atomic mass is 10.2. The van der Waals surface area contributed by atoms with Crippen molar-refractivity contribution in [2.24, 2.45) is 0 Å². The van der Waals surface area contributed by atoms with Gasteiger partial charge >= 0.3 is 6.61 Å². The molecule has 9 heteroatoms. The molecule has 0 atom stereocenters. The first-order chi connectivity index (χ1) is 14.5. The van der Waals surface area contributed by atoms with Crippen LogP contribution in [-0.2, 0) is 11.5 Å². The number of imidazole rings is 1. The van der Waals surface area contributed by atoms with Crippen LogP contribution < -0.4 is 4.74 Å². The number of nitrogens with one attached hydrogen (secondary N) is 1. The molecule has 0 aliphatic heterocycles. The van der Waals surface area contributed by atoms with Crippen molar-refractivity contribution in [2.75, 3.05) is 0 Å². The molecule has 0 unspecified atom stereocenters. The third kappa shape index (κ3) is 5.65. The predicted molar refractivity (Wildman–Crippen MR) is 118 cm³/mol. The maximum atomic E-state index is 12.4. The van der Waals surface area contributed by atoms with Crippen LogP contribution in [0.3, 0.4) is 0 Å². The van der Waals surface area contributed by atoms with Gasteiger partial charge in [-0.05, 0) is 42.0 Å². The summed E-state index contributed by atoms with van der Waals surface area (Å²) in [5.41, 5.74) is 3.48. The van der Waals surface area contributed by atoms with Crippen molar-refractivity contribution in [3.8, 4) is 5.75 Å². The Labute approximate surface area is 185 Å². The molecule has 0 aliphatic rings. The first-order valence-electron chi connectivity index (χ1n) is 8.95. The molecule has 0 amide bonds. The summed E-state index contributed by atoms with van der Waals surface area (Å²) in [6.07, 6.45) is 1.80. The van der Waals surface area contributed by atoms with E-state index in [1.165, 1.54) is 29.5 Å². The second-order valence-electron chi connectivity index (χ2n) is 6.29. The Morgan fingerprint density at radius 1 is 1.00 bits per heavy atom. The average molecular weight is 464 g/mol. The Morgan fingerprint density at radius 2 is 1.83 bits per heavy atom. The van der Waals surface area contributed by atoms with E-state index in [2.05, 4.69) is 25.8 Å². The second kappa shape index (κ2) is 9.68. The fourth-order valence-corrected chi connectivity index (χ4v) is 4.54. The summed E-state index contributed by atoms with van der Waals surface area (Å²) in [5, 5.41) is 1.43. The van der Waals surface area contributed by atoms with E-state index in [4.69, 9.17) is 11.6 Å². The number of fused-ring (bicyclic) bond motifs is 1. The quantitative estimate of drug-likeness (QED) is 0.291. The van der Waals surface area contributed by atoms with Crippen LogP contribution in [0.4, 0.5) is 8.78 Å². The minimum absolute atomic E-state index is 0.102. The van der Waals surface area contributed by atoms with Crippen molar-refractivity contribution in [1.82, 2.24) is 15.0 Å². The van der Waals surface area contributed by atoms with Crippen molar-refractivity contribution in [3.05, 3.63) is 77.1 Å². The van der Waals surface area contributed by atoms with Gasteiger partial charge in [-0.3, -0.25) is 4.98 Å². The van der Waals surface area contributed by atoms with Gasteiger partial charge in [0.25, 0.3) is 0 Å². The van der Waals surface area contributed by atoms with Gasteiger partial charge in [-0.15, -0.1) is 11.8 Å². The zero-order chi connectivity index (χ0) is 20.9. The molecule has 4 rings (SSSR count). The standard InChI is InChI=1S/C21H16ClF2N3OS2/c22-14-3-1-13(2-4-14)11-29-17-7-8-25-15(9-17)12-30-21-26-18-6-5-16(28-20(23)24)10-19(18)27-21/h1-10,20H,11-12H2,(H,26,27). The highest BCUT2D eigenvalue weighted by molar-refractivity contribution is 7.98. The zero-order valence-corrected chi connectivity index (χ0v) is 17.9. The summed E-state index contributed by atoms with van der Waals surface area (Å²) in [6.45, 7) is -2.85. The molecular weight excluding hydrogens is 448 g/mol. The second-order valence-corrected chi connectivity index (χ2v) is 8.74. The third-order valence-electron chi connectivity index (χ3n) is 4.12. The van der Waals surface area contributed by atoms with E-state index in [-0.39, 0.29) is 5.75 Å². The largest absolute Gasteiger partial charge is 0.435 e. The Kier molecular flexibility index (Phi) is 6.76. The molecular formula is C21H16ClF2N3OS2. The summed E-state index contributed by atoms with van der Waals surface area (Å²) in [5.74, 6) is 1.58. The molecule has 0 radical (unpaired) electrons. The first kappa shape index (κ1) is 21.0. The zero-order valence-electron chi connectivity index (χ0n) is 15.5. The molecule has 1 N–H and O–H groups in total. The summed E-state index contributed by atoms with van der Waals surface area (Å²) < 4.78 is 29.2. The highest BCUT2D eigenvalue weighted by Gasteiger charge is 2.09. The Hall–Kier alpha value is -2.29. The van der Waals surface area contributed by atoms with Gasteiger partial charge in [0.15, 0.2) is 5.16 Å². The number of hydrogen-bond donors (Lipinski definition) is 1. The van der Waals surface area contributed by atoms with E-state index >= 15 is 0 Å². The number of rotatable bonds is 8. The van der Waals surface area contributed by atoms with Crippen molar-refractivity contribution >= 4 is 46.2 Å². The van der Waals surface area contributed by atoms with Crippen molar-refractivity contribution < 1.29 is 13.5 Å². The Bertz CT molecular complexity index is 1140. The number of nitrogens with zero attached hydrogens (tertiary/aromatic N) is 2. The number of benzene rings is 2. The SMILES string of the molecule is FC(F)Oc1ccc2nc(SCc3cc(SCc4ccc(Cl)cc4)ccn3)[nH]c2c1. The fourth-order valence-electron chi connectivity index (χ4n) is 2.72. The van der Waals surface area contributed by atoms with Gasteiger partial charge < -0.3 is 9.72 Å². The van der Waals surface area contributed by atoms with E-state index in [0.717, 1.165) is 21.4 Å². The van der Waals surface area contributed by atoms with Crippen LogP contribution in [0.2, 0.25) is 5.02 Å². The maximum Gasteiger partial charge on any atom is 0.387 e. The van der Waals surface area contributed by atoms with Crippen LogP contribution >= 0.6 is 35.1 Å². The molecule has 30 heavy (non-hydrogen) atoms. The molecule has 0 saturated heterocycles. The predicted octanol–water partition coefficient (Wildman–Crippen LogP) is 6.80. The number of ether oxygens (including phenoxy) is 1. The van der Waals surface area contributed by atoms with Crippen molar-refractivity contribution in [1.29, 1.82) is 0 Å². The Morgan fingerprint density at radius 3 is 2.63 bits per heavy atom. The molecule has 4 aromatic rings. The van der Waals surface area contributed by atoms with Gasteiger partial charge in [-0.1, -0.05) is 35.5 Å². The Balaban J connectivity index is 1.37. The number of H-pyrrole nitrogens is 1. The molecule has 0 aliphatic carbocycles. The van der Waals surface area contributed by atoms with Crippen LogP contribution in [0.1, 0.15) is 11.3 Å². The van der Waals surface area contributed by atoms with Crippen LogP contribution in [0.25, 0.3) is 11.0 Å². The summed E-state index contributed by atoms with van der Waals surface area (Å²) >= 11 is 9.16. The first-order valence-corrected chi connectivity index (χ1v) is 11.3. The van der Waals surface area contributed by atoms with Crippen LogP contribution in [0, 0.1) is 0 Å². The molecule has 0 spiro atoms. The molecule has 2 heterocycles. The lowest BCUT2D eigenvalue weighted by Crippen LogP contribution is -2.01. The monoisotopic (exact) mass is 463 g/mol. The molecule has 4 nitrogen and oxygen atoms in total. The molecule has 0 fully saturated rings. The lowest BCUT2D eigenvalue weighted by molar-refractivity contribution is -0.0497. The van der Waals surface area contributed by atoms with E-state index in [1.54, 1.807) is 24.0 Å². The molecule has 0 bridgehead atoms. The van der Waals surface area contributed by atoms with Gasteiger partial charge in [0.1, 0.15) is 5.75 Å². The average Bonchev–Trinajstić information content (AvgIpc) is 3.14. The third-order valence-corrected chi connectivity index (χ3v) is 6.34. The highest BCUT2D eigenvalue weighted by atomic mass is 35.5. The van der Waals surface area contributed by atoms with Crippen LogP contribution in [0.5, 0.6) is 5.75 Å². The van der Waals surface area contributed by atoms with Gasteiger partial charge in [-0.2, -0.15) is 8.78 Å². The van der Waals surface area contributed by atoms with E-state index in [1.807, 2.05) is 30.3 Å². The smallest absolute Gasteiger partial charge is 0.387 e. The van der Waals surface area contributed by atoms with Crippen LogP contribution in [0.15, 0.2) is 70.8 Å². The summed E-state index contributed by atoms with van der Waals surface area (Å²) in [7, 11) is 0. The summed E-state index contributed by atoms with van der Waals surface area (Å²) in [6, 6.07) is 16.5. The van der Waals surface area contributed by atoms with Crippen LogP contribution in [-0.4, -0.2) is 21.6 Å². The molecule has 2 aromatic heterocycles. The van der Waals surface area contributed by atoms with E-state index in [9.17, 15) is 8.78 Å². The van der Waals surface area contributed by atoms with E-state index in [0.29, 0.717) is 21.9 Å². The maximum absolute atomic E-state index is 12.4. The van der Waals surface area contributed by atoms with Gasteiger partial charge in [0.05, 0.1) is 16.7 Å². The number of halogens is 3. The number of alkyl halides is 2. The topological polar surface area (TPSA) is 50.8 Å². The molecule has 2 aromatic carbocycles. The number of aromatic nitrogens is 3. The number of aromatic amines is 1. The fraction of sp³-hybridized carbons (Fsp3) is 0.143. The molecule has 0 saturated carbocycles.